The van der Waals surface area contributed by atoms with Crippen molar-refractivity contribution in [2.45, 2.75) is 37.6 Å². The van der Waals surface area contributed by atoms with Gasteiger partial charge in [0.1, 0.15) is 11.5 Å². The van der Waals surface area contributed by atoms with Crippen LogP contribution in [0.25, 0.3) is 0 Å². The van der Waals surface area contributed by atoms with Gasteiger partial charge in [0.15, 0.2) is 5.69 Å². The highest BCUT2D eigenvalue weighted by molar-refractivity contribution is 7.89. The minimum absolute atomic E-state index is 0.0719. The maximum atomic E-state index is 12.9. The molecule has 1 aliphatic rings. The average molecular weight is 380 g/mol. The smallest absolute Gasteiger partial charge is 0.358 e. The molecule has 1 aromatic carbocycles. The van der Waals surface area contributed by atoms with E-state index in [1.807, 2.05) is 0 Å². The number of hydrogen-bond acceptors (Lipinski definition) is 6. The summed E-state index contributed by atoms with van der Waals surface area (Å²) < 4.78 is 37.5. The second kappa shape index (κ2) is 7.46. The van der Waals surface area contributed by atoms with Gasteiger partial charge < -0.3 is 14.4 Å². The molecule has 0 radical (unpaired) electrons. The van der Waals surface area contributed by atoms with Gasteiger partial charge in [0.05, 0.1) is 11.5 Å². The number of aromatic carboxylic acids is 1. The molecule has 0 unspecified atom stereocenters. The van der Waals surface area contributed by atoms with Crippen molar-refractivity contribution in [2.24, 2.45) is 0 Å². The SMILES string of the molecule is CCCCOc1ccc(S(=O)(=O)N2CCc3onc(C(=O)O)c3C2)cc1. The predicted octanol–water partition coefficient (Wildman–Crippen LogP) is 2.30. The maximum Gasteiger partial charge on any atom is 0.358 e. The van der Waals surface area contributed by atoms with Gasteiger partial charge in [-0.3, -0.25) is 0 Å². The minimum atomic E-state index is -3.75. The van der Waals surface area contributed by atoms with Crippen LogP contribution in [0.15, 0.2) is 33.7 Å². The van der Waals surface area contributed by atoms with Gasteiger partial charge in [0.2, 0.25) is 10.0 Å². The number of fused-ring (bicyclic) bond motifs is 1. The van der Waals surface area contributed by atoms with E-state index in [0.717, 1.165) is 12.8 Å². The van der Waals surface area contributed by atoms with E-state index in [0.29, 0.717) is 23.7 Å². The molecule has 140 valence electrons. The molecular weight excluding hydrogens is 360 g/mol. The highest BCUT2D eigenvalue weighted by atomic mass is 32.2. The first-order chi connectivity index (χ1) is 12.4. The Morgan fingerprint density at radius 2 is 2.08 bits per heavy atom. The average Bonchev–Trinajstić information content (AvgIpc) is 3.06. The van der Waals surface area contributed by atoms with Crippen molar-refractivity contribution in [2.75, 3.05) is 13.2 Å². The lowest BCUT2D eigenvalue weighted by atomic mass is 10.1. The Bertz CT molecular complexity index is 888. The van der Waals surface area contributed by atoms with Crippen LogP contribution in [0.5, 0.6) is 5.75 Å². The summed E-state index contributed by atoms with van der Waals surface area (Å²) in [7, 11) is -3.75. The predicted molar refractivity (Wildman–Crippen MR) is 91.6 cm³/mol. The second-order valence-electron chi connectivity index (χ2n) is 6.00. The number of nitrogens with zero attached hydrogens (tertiary/aromatic N) is 2. The third kappa shape index (κ3) is 3.58. The third-order valence-corrected chi connectivity index (χ3v) is 6.08. The molecular formula is C17H20N2O6S. The van der Waals surface area contributed by atoms with Crippen LogP contribution >= 0.6 is 0 Å². The molecule has 0 spiro atoms. The minimum Gasteiger partial charge on any atom is -0.494 e. The van der Waals surface area contributed by atoms with Crippen molar-refractivity contribution in [3.8, 4) is 5.75 Å². The molecule has 0 amide bonds. The van der Waals surface area contributed by atoms with E-state index in [2.05, 4.69) is 12.1 Å². The lowest BCUT2D eigenvalue weighted by Crippen LogP contribution is -2.36. The normalized spacial score (nSPS) is 14.8. The number of aromatic nitrogens is 1. The molecule has 0 fully saturated rings. The van der Waals surface area contributed by atoms with Crippen LogP contribution in [0.1, 0.15) is 41.6 Å². The van der Waals surface area contributed by atoms with Crippen LogP contribution in [0.3, 0.4) is 0 Å². The zero-order valence-electron chi connectivity index (χ0n) is 14.3. The summed E-state index contributed by atoms with van der Waals surface area (Å²) in [5.74, 6) is -0.193. The molecule has 8 nitrogen and oxygen atoms in total. The number of unbranched alkanes of at least 4 members (excludes halogenated alkanes) is 1. The van der Waals surface area contributed by atoms with Crippen molar-refractivity contribution in [1.82, 2.24) is 9.46 Å². The Hall–Kier alpha value is -2.39. The van der Waals surface area contributed by atoms with Crippen molar-refractivity contribution in [3.63, 3.8) is 0 Å². The fourth-order valence-electron chi connectivity index (χ4n) is 2.75. The van der Waals surface area contributed by atoms with E-state index in [4.69, 9.17) is 14.4 Å². The molecule has 0 atom stereocenters. The first-order valence-electron chi connectivity index (χ1n) is 8.37. The molecule has 0 bridgehead atoms. The zero-order valence-corrected chi connectivity index (χ0v) is 15.2. The van der Waals surface area contributed by atoms with Crippen LogP contribution in [0, 0.1) is 0 Å². The summed E-state index contributed by atoms with van der Waals surface area (Å²) in [4.78, 5) is 11.3. The highest BCUT2D eigenvalue weighted by Gasteiger charge is 2.33. The number of rotatable bonds is 7. The van der Waals surface area contributed by atoms with Gasteiger partial charge in [0, 0.05) is 25.1 Å². The zero-order chi connectivity index (χ0) is 18.7. The number of ether oxygens (including phenoxy) is 1. The van der Waals surface area contributed by atoms with Crippen LogP contribution in [-0.2, 0) is 23.0 Å². The summed E-state index contributed by atoms with van der Waals surface area (Å²) >= 11 is 0. The first-order valence-corrected chi connectivity index (χ1v) is 9.81. The van der Waals surface area contributed by atoms with Crippen LogP contribution < -0.4 is 4.74 Å². The molecule has 0 saturated heterocycles. The summed E-state index contributed by atoms with van der Waals surface area (Å²) in [6, 6.07) is 6.25. The number of carboxylic acid groups (broad SMARTS) is 1. The summed E-state index contributed by atoms with van der Waals surface area (Å²) in [5.41, 5.74) is 0.0754. The van der Waals surface area contributed by atoms with Gasteiger partial charge in [-0.05, 0) is 30.7 Å². The number of sulfonamides is 1. The third-order valence-electron chi connectivity index (χ3n) is 4.22. The van der Waals surface area contributed by atoms with Gasteiger partial charge in [-0.2, -0.15) is 4.31 Å². The van der Waals surface area contributed by atoms with Crippen molar-refractivity contribution in [3.05, 3.63) is 41.3 Å². The molecule has 2 heterocycles. The van der Waals surface area contributed by atoms with E-state index in [1.54, 1.807) is 12.1 Å². The summed E-state index contributed by atoms with van der Waals surface area (Å²) in [6.07, 6.45) is 2.23. The molecule has 1 aliphatic heterocycles. The molecule has 9 heteroatoms. The van der Waals surface area contributed by atoms with E-state index < -0.39 is 16.0 Å². The quantitative estimate of drug-likeness (QED) is 0.734. The largest absolute Gasteiger partial charge is 0.494 e. The Morgan fingerprint density at radius 1 is 1.35 bits per heavy atom. The van der Waals surface area contributed by atoms with Gasteiger partial charge in [-0.25, -0.2) is 13.2 Å². The fraction of sp³-hybridized carbons (Fsp3) is 0.412. The molecule has 3 rings (SSSR count). The molecule has 26 heavy (non-hydrogen) atoms. The lowest BCUT2D eigenvalue weighted by Gasteiger charge is -2.25. The number of hydrogen-bond donors (Lipinski definition) is 1. The molecule has 0 saturated carbocycles. The Balaban J connectivity index is 1.78. The molecule has 2 aromatic rings. The van der Waals surface area contributed by atoms with Crippen LogP contribution in [0.4, 0.5) is 0 Å². The maximum absolute atomic E-state index is 12.9. The van der Waals surface area contributed by atoms with Gasteiger partial charge in [-0.1, -0.05) is 18.5 Å². The van der Waals surface area contributed by atoms with Gasteiger partial charge >= 0.3 is 5.97 Å². The fourth-order valence-corrected chi connectivity index (χ4v) is 4.16. The Kier molecular flexibility index (Phi) is 5.28. The van der Waals surface area contributed by atoms with Crippen LogP contribution in [-0.4, -0.2) is 42.1 Å². The van der Waals surface area contributed by atoms with E-state index in [1.165, 1.54) is 16.4 Å². The summed E-state index contributed by atoms with van der Waals surface area (Å²) in [5, 5.41) is 12.7. The molecule has 1 aromatic heterocycles. The van der Waals surface area contributed by atoms with Gasteiger partial charge in [-0.15, -0.1) is 0 Å². The number of carboxylic acids is 1. The van der Waals surface area contributed by atoms with Crippen molar-refractivity contribution in [1.29, 1.82) is 0 Å². The molecule has 1 N–H and O–H groups in total. The van der Waals surface area contributed by atoms with E-state index in [-0.39, 0.29) is 30.1 Å². The molecule has 0 aliphatic carbocycles. The first kappa shape index (κ1) is 18.4. The monoisotopic (exact) mass is 380 g/mol. The lowest BCUT2D eigenvalue weighted by molar-refractivity contribution is 0.0684. The van der Waals surface area contributed by atoms with Crippen molar-refractivity contribution < 1.29 is 27.6 Å². The van der Waals surface area contributed by atoms with Crippen molar-refractivity contribution >= 4 is 16.0 Å². The second-order valence-corrected chi connectivity index (χ2v) is 7.94. The Labute approximate surface area is 151 Å². The highest BCUT2D eigenvalue weighted by Crippen LogP contribution is 2.28. The van der Waals surface area contributed by atoms with E-state index >= 15 is 0 Å². The Morgan fingerprint density at radius 3 is 2.73 bits per heavy atom. The topological polar surface area (TPSA) is 110 Å². The standard InChI is InChI=1S/C17H20N2O6S/c1-2-3-10-24-12-4-6-13(7-5-12)26(22,23)19-9-8-15-14(11-19)16(17(20)21)18-25-15/h4-7H,2-3,8-11H2,1H3,(H,20,21). The number of carbonyl (C=O) groups is 1. The number of benzene rings is 1. The summed E-state index contributed by atoms with van der Waals surface area (Å²) in [6.45, 7) is 2.78. The van der Waals surface area contributed by atoms with Gasteiger partial charge in [0.25, 0.3) is 0 Å². The van der Waals surface area contributed by atoms with Crippen LogP contribution in [0.2, 0.25) is 0 Å². The van der Waals surface area contributed by atoms with E-state index in [9.17, 15) is 13.2 Å².